The molecule has 3 heteroatoms. The van der Waals surface area contributed by atoms with Crippen LogP contribution in [0.5, 0.6) is 5.75 Å². The smallest absolute Gasteiger partial charge is 0.119 e. The van der Waals surface area contributed by atoms with Gasteiger partial charge in [0.05, 0.1) is 6.10 Å². The number of hydrogen-bond donors (Lipinski definition) is 1. The first-order valence-electron chi connectivity index (χ1n) is 7.46. The van der Waals surface area contributed by atoms with E-state index >= 15 is 0 Å². The van der Waals surface area contributed by atoms with Crippen LogP contribution >= 0.6 is 0 Å². The fraction of sp³-hybridized carbons (Fsp3) is 0.333. The highest BCUT2D eigenvalue weighted by molar-refractivity contribution is 5.27. The van der Waals surface area contributed by atoms with Crippen LogP contribution in [0.1, 0.15) is 17.5 Å². The van der Waals surface area contributed by atoms with Gasteiger partial charge in [-0.05, 0) is 29.7 Å². The van der Waals surface area contributed by atoms with Crippen molar-refractivity contribution in [2.45, 2.75) is 25.7 Å². The van der Waals surface area contributed by atoms with Gasteiger partial charge in [0.25, 0.3) is 0 Å². The largest absolute Gasteiger partial charge is 0.489 e. The predicted molar refractivity (Wildman–Crippen MR) is 83.1 cm³/mol. The van der Waals surface area contributed by atoms with Crippen LogP contribution in [-0.2, 0) is 13.2 Å². The molecule has 1 atom stereocenters. The number of nitrogens with zero attached hydrogens (tertiary/aromatic N) is 1. The first kappa shape index (κ1) is 14.1. The molecule has 0 aliphatic carbocycles. The van der Waals surface area contributed by atoms with E-state index in [-0.39, 0.29) is 6.10 Å². The highest BCUT2D eigenvalue weighted by Crippen LogP contribution is 2.17. The standard InChI is InChI=1S/C18H21NO2/c20-17-10-11-19(13-17)12-15-6-8-18(9-7-15)21-14-16-4-2-1-3-5-16/h1-9,17,20H,10-14H2/t17-/m1/s1. The van der Waals surface area contributed by atoms with Crippen molar-refractivity contribution in [1.29, 1.82) is 0 Å². The molecule has 2 aromatic carbocycles. The second-order valence-electron chi connectivity index (χ2n) is 5.60. The van der Waals surface area contributed by atoms with E-state index in [1.54, 1.807) is 0 Å². The van der Waals surface area contributed by atoms with Gasteiger partial charge in [0, 0.05) is 19.6 Å². The molecule has 0 spiro atoms. The number of β-amino-alcohol motifs (C(OH)–C–C–N with tert-alkyl or cyclic N) is 1. The lowest BCUT2D eigenvalue weighted by molar-refractivity contribution is 0.175. The van der Waals surface area contributed by atoms with Crippen molar-refractivity contribution >= 4 is 0 Å². The minimum Gasteiger partial charge on any atom is -0.489 e. The van der Waals surface area contributed by atoms with Gasteiger partial charge in [-0.15, -0.1) is 0 Å². The molecule has 110 valence electrons. The second kappa shape index (κ2) is 6.74. The zero-order chi connectivity index (χ0) is 14.5. The Morgan fingerprint density at radius 1 is 1.00 bits per heavy atom. The van der Waals surface area contributed by atoms with Crippen LogP contribution in [0.4, 0.5) is 0 Å². The molecule has 2 aromatic rings. The van der Waals surface area contributed by atoms with Gasteiger partial charge in [0.1, 0.15) is 12.4 Å². The Hall–Kier alpha value is -1.84. The molecule has 1 fully saturated rings. The van der Waals surface area contributed by atoms with Crippen molar-refractivity contribution in [3.05, 3.63) is 65.7 Å². The first-order valence-corrected chi connectivity index (χ1v) is 7.46. The summed E-state index contributed by atoms with van der Waals surface area (Å²) in [6.07, 6.45) is 0.733. The second-order valence-corrected chi connectivity index (χ2v) is 5.60. The summed E-state index contributed by atoms with van der Waals surface area (Å²) < 4.78 is 5.78. The van der Waals surface area contributed by atoms with Crippen LogP contribution in [0.3, 0.4) is 0 Å². The Labute approximate surface area is 125 Å². The molecule has 0 aromatic heterocycles. The van der Waals surface area contributed by atoms with Gasteiger partial charge in [-0.25, -0.2) is 0 Å². The summed E-state index contributed by atoms with van der Waals surface area (Å²) in [7, 11) is 0. The lowest BCUT2D eigenvalue weighted by atomic mass is 10.2. The van der Waals surface area contributed by atoms with E-state index in [0.29, 0.717) is 6.61 Å². The Bertz CT molecular complexity index is 553. The maximum atomic E-state index is 9.54. The molecule has 0 radical (unpaired) electrons. The number of ether oxygens (including phenoxy) is 1. The van der Waals surface area contributed by atoms with E-state index in [2.05, 4.69) is 29.2 Å². The molecule has 0 amide bonds. The van der Waals surface area contributed by atoms with Crippen molar-refractivity contribution in [2.24, 2.45) is 0 Å². The predicted octanol–water partition coefficient (Wildman–Crippen LogP) is 2.83. The normalized spacial score (nSPS) is 18.8. The molecule has 1 heterocycles. The third-order valence-corrected chi connectivity index (χ3v) is 3.83. The summed E-state index contributed by atoms with van der Waals surface area (Å²) in [6.45, 7) is 3.26. The zero-order valence-electron chi connectivity index (χ0n) is 12.1. The van der Waals surface area contributed by atoms with E-state index in [1.165, 1.54) is 11.1 Å². The zero-order valence-corrected chi connectivity index (χ0v) is 12.1. The van der Waals surface area contributed by atoms with Crippen molar-refractivity contribution in [3.8, 4) is 5.75 Å². The van der Waals surface area contributed by atoms with Crippen LogP contribution in [-0.4, -0.2) is 29.2 Å². The van der Waals surface area contributed by atoms with Gasteiger partial charge in [-0.2, -0.15) is 0 Å². The molecule has 0 saturated carbocycles. The Morgan fingerprint density at radius 2 is 1.76 bits per heavy atom. The molecule has 21 heavy (non-hydrogen) atoms. The maximum Gasteiger partial charge on any atom is 0.119 e. The third kappa shape index (κ3) is 4.06. The van der Waals surface area contributed by atoms with Crippen molar-refractivity contribution in [3.63, 3.8) is 0 Å². The van der Waals surface area contributed by atoms with Crippen molar-refractivity contribution < 1.29 is 9.84 Å². The van der Waals surface area contributed by atoms with Crippen molar-refractivity contribution in [2.75, 3.05) is 13.1 Å². The van der Waals surface area contributed by atoms with Gasteiger partial charge in [0.2, 0.25) is 0 Å². The van der Waals surface area contributed by atoms with Gasteiger partial charge < -0.3 is 9.84 Å². The molecule has 1 saturated heterocycles. The molecule has 1 aliphatic rings. The summed E-state index contributed by atoms with van der Waals surface area (Å²) in [5.74, 6) is 0.893. The highest BCUT2D eigenvalue weighted by atomic mass is 16.5. The van der Waals surface area contributed by atoms with E-state index < -0.39 is 0 Å². The molecular formula is C18H21NO2. The lowest BCUT2D eigenvalue weighted by Crippen LogP contribution is -2.21. The molecule has 0 bridgehead atoms. The number of rotatable bonds is 5. The average Bonchev–Trinajstić information content (AvgIpc) is 2.93. The average molecular weight is 283 g/mol. The van der Waals surface area contributed by atoms with Crippen molar-refractivity contribution in [1.82, 2.24) is 4.90 Å². The van der Waals surface area contributed by atoms with Gasteiger partial charge in [0.15, 0.2) is 0 Å². The lowest BCUT2D eigenvalue weighted by Gasteiger charge is -2.15. The number of likely N-dealkylation sites (tertiary alicyclic amines) is 1. The SMILES string of the molecule is O[C@@H]1CCN(Cc2ccc(OCc3ccccc3)cc2)C1. The van der Waals surface area contributed by atoms with Crippen LogP contribution in [0, 0.1) is 0 Å². The summed E-state index contributed by atoms with van der Waals surface area (Å²) in [5, 5.41) is 9.54. The summed E-state index contributed by atoms with van der Waals surface area (Å²) in [5.41, 5.74) is 2.43. The van der Waals surface area contributed by atoms with E-state index in [0.717, 1.165) is 31.8 Å². The van der Waals surface area contributed by atoms with Crippen LogP contribution < -0.4 is 4.74 Å². The van der Waals surface area contributed by atoms with Crippen LogP contribution in [0.15, 0.2) is 54.6 Å². The Morgan fingerprint density at radius 3 is 2.43 bits per heavy atom. The summed E-state index contributed by atoms with van der Waals surface area (Å²) in [4.78, 5) is 2.28. The maximum absolute atomic E-state index is 9.54. The molecule has 0 unspecified atom stereocenters. The molecule has 3 rings (SSSR count). The van der Waals surface area contributed by atoms with E-state index in [1.807, 2.05) is 30.3 Å². The van der Waals surface area contributed by atoms with Crippen LogP contribution in [0.25, 0.3) is 0 Å². The first-order chi connectivity index (χ1) is 10.3. The number of hydrogen-bond acceptors (Lipinski definition) is 3. The van der Waals surface area contributed by atoms with Gasteiger partial charge in [-0.1, -0.05) is 42.5 Å². The number of aliphatic hydroxyl groups is 1. The highest BCUT2D eigenvalue weighted by Gasteiger charge is 2.19. The molecule has 3 nitrogen and oxygen atoms in total. The Balaban J connectivity index is 1.52. The van der Waals surface area contributed by atoms with Gasteiger partial charge in [-0.3, -0.25) is 4.90 Å². The summed E-state index contributed by atoms with van der Waals surface area (Å²) in [6, 6.07) is 18.4. The minimum absolute atomic E-state index is 0.154. The van der Waals surface area contributed by atoms with Gasteiger partial charge >= 0.3 is 0 Å². The van der Waals surface area contributed by atoms with E-state index in [4.69, 9.17) is 4.74 Å². The third-order valence-electron chi connectivity index (χ3n) is 3.83. The quantitative estimate of drug-likeness (QED) is 0.916. The Kier molecular flexibility index (Phi) is 4.53. The number of benzene rings is 2. The summed E-state index contributed by atoms with van der Waals surface area (Å²) >= 11 is 0. The fourth-order valence-corrected chi connectivity index (χ4v) is 2.65. The van der Waals surface area contributed by atoms with E-state index in [9.17, 15) is 5.11 Å². The number of aliphatic hydroxyl groups excluding tert-OH is 1. The van der Waals surface area contributed by atoms with Crippen LogP contribution in [0.2, 0.25) is 0 Å². The molecular weight excluding hydrogens is 262 g/mol. The monoisotopic (exact) mass is 283 g/mol. The minimum atomic E-state index is -0.154. The fourth-order valence-electron chi connectivity index (χ4n) is 2.65. The molecule has 1 aliphatic heterocycles. The molecule has 1 N–H and O–H groups in total. The topological polar surface area (TPSA) is 32.7 Å².